The molecule has 5 N–H and O–H groups in total. The van der Waals surface area contributed by atoms with E-state index >= 15 is 0 Å². The molecule has 0 bridgehead atoms. The van der Waals surface area contributed by atoms with Gasteiger partial charge in [-0.1, -0.05) is 24.1 Å². The lowest BCUT2D eigenvalue weighted by Gasteiger charge is -2.16. The van der Waals surface area contributed by atoms with Gasteiger partial charge in [-0.3, -0.25) is 4.57 Å². The van der Waals surface area contributed by atoms with E-state index in [0.717, 1.165) is 0 Å². The third-order valence-electron chi connectivity index (χ3n) is 4.49. The molecule has 1 aliphatic rings. The van der Waals surface area contributed by atoms with E-state index in [-0.39, 0.29) is 18.2 Å². The number of nitrogen functional groups attached to an aromatic ring is 1. The highest BCUT2D eigenvalue weighted by Crippen LogP contribution is 2.31. The summed E-state index contributed by atoms with van der Waals surface area (Å²) in [6.07, 6.45) is -3.03. The van der Waals surface area contributed by atoms with Crippen LogP contribution >= 0.6 is 0 Å². The average Bonchev–Trinajstić information content (AvgIpc) is 3.28. The summed E-state index contributed by atoms with van der Waals surface area (Å²) in [6, 6.07) is 9.25. The summed E-state index contributed by atoms with van der Waals surface area (Å²) < 4.78 is 12.5. The zero-order chi connectivity index (χ0) is 20.4. The van der Waals surface area contributed by atoms with E-state index in [1.807, 2.05) is 30.3 Å². The Labute approximate surface area is 165 Å². The first-order valence-corrected chi connectivity index (χ1v) is 8.87. The molecule has 1 unspecified atom stereocenters. The summed E-state index contributed by atoms with van der Waals surface area (Å²) in [6.45, 7) is -0.296. The highest BCUT2D eigenvalue weighted by atomic mass is 16.6. The van der Waals surface area contributed by atoms with Crippen molar-refractivity contribution in [1.29, 1.82) is 0 Å². The largest absolute Gasteiger partial charge is 0.481 e. The number of hydrogen-bond donors (Lipinski definition) is 4. The minimum Gasteiger partial charge on any atom is -0.481 e. The van der Waals surface area contributed by atoms with Crippen LogP contribution in [0.1, 0.15) is 12.1 Å². The number of hydrogen-bond acceptors (Lipinski definition) is 9. The average molecular weight is 397 g/mol. The number of nitrogens with zero attached hydrogens (tertiary/aromatic N) is 4. The van der Waals surface area contributed by atoms with Crippen molar-refractivity contribution in [2.75, 3.05) is 18.9 Å². The van der Waals surface area contributed by atoms with Gasteiger partial charge in [-0.15, -0.1) is 0 Å². The van der Waals surface area contributed by atoms with Crippen LogP contribution in [0.25, 0.3) is 11.2 Å². The number of aliphatic hydroxyl groups is 3. The number of aliphatic hydroxyl groups excluding tert-OH is 3. The fourth-order valence-corrected chi connectivity index (χ4v) is 3.04. The van der Waals surface area contributed by atoms with Gasteiger partial charge in [0.25, 0.3) is 0 Å². The van der Waals surface area contributed by atoms with Crippen LogP contribution in [0.5, 0.6) is 5.75 Å². The van der Waals surface area contributed by atoms with E-state index < -0.39 is 31.1 Å². The number of rotatable bonds is 4. The van der Waals surface area contributed by atoms with Gasteiger partial charge in [0.15, 0.2) is 17.7 Å². The highest BCUT2D eigenvalue weighted by molar-refractivity contribution is 5.82. The van der Waals surface area contributed by atoms with Crippen molar-refractivity contribution in [3.8, 4) is 17.6 Å². The Morgan fingerprint density at radius 3 is 2.69 bits per heavy atom. The monoisotopic (exact) mass is 397 g/mol. The molecule has 2 aromatic heterocycles. The first-order chi connectivity index (χ1) is 14.1. The number of aromatic nitrogens is 4. The number of benzene rings is 1. The number of fused-ring (bicyclic) bond motifs is 1. The molecule has 29 heavy (non-hydrogen) atoms. The van der Waals surface area contributed by atoms with E-state index in [4.69, 9.17) is 15.2 Å². The Morgan fingerprint density at radius 2 is 1.97 bits per heavy atom. The van der Waals surface area contributed by atoms with Crippen molar-refractivity contribution in [1.82, 2.24) is 19.5 Å². The van der Waals surface area contributed by atoms with Gasteiger partial charge < -0.3 is 30.5 Å². The topological polar surface area (TPSA) is 149 Å². The molecule has 3 heterocycles. The lowest BCUT2D eigenvalue weighted by Crippen LogP contribution is -2.33. The predicted octanol–water partition coefficient (Wildman–Crippen LogP) is -0.550. The number of ether oxygens (including phenoxy) is 2. The zero-order valence-corrected chi connectivity index (χ0v) is 15.2. The maximum absolute atomic E-state index is 10.3. The minimum absolute atomic E-state index is 0.119. The number of imidazole rings is 1. The molecule has 4 rings (SSSR count). The minimum atomic E-state index is -1.27. The van der Waals surface area contributed by atoms with Gasteiger partial charge in [-0.25, -0.2) is 15.0 Å². The molecule has 1 fully saturated rings. The fourth-order valence-electron chi connectivity index (χ4n) is 3.04. The Balaban J connectivity index is 1.58. The molecule has 10 heteroatoms. The SMILES string of the molecule is Nc1nc(C#CCOc2ccccc2)nc2c1ncn2C1O[C@@H](CO)[C@H](O)[C@@H]1O. The fraction of sp³-hybridized carbons (Fsp3) is 0.316. The Hall–Kier alpha value is -3.23. The van der Waals surface area contributed by atoms with Crippen LogP contribution in [0, 0.1) is 11.8 Å². The highest BCUT2D eigenvalue weighted by Gasteiger charge is 2.44. The van der Waals surface area contributed by atoms with Gasteiger partial charge >= 0.3 is 0 Å². The van der Waals surface area contributed by atoms with Crippen molar-refractivity contribution in [3.63, 3.8) is 0 Å². The summed E-state index contributed by atoms with van der Waals surface area (Å²) in [5, 5.41) is 29.5. The second-order valence-corrected chi connectivity index (χ2v) is 6.39. The summed E-state index contributed by atoms with van der Waals surface area (Å²) in [5.41, 5.74) is 6.57. The summed E-state index contributed by atoms with van der Waals surface area (Å²) in [4.78, 5) is 12.6. The van der Waals surface area contributed by atoms with E-state index in [2.05, 4.69) is 26.8 Å². The van der Waals surface area contributed by atoms with Crippen molar-refractivity contribution < 1.29 is 24.8 Å². The van der Waals surface area contributed by atoms with Crippen molar-refractivity contribution in [2.24, 2.45) is 0 Å². The molecule has 150 valence electrons. The summed E-state index contributed by atoms with van der Waals surface area (Å²) >= 11 is 0. The van der Waals surface area contributed by atoms with E-state index in [0.29, 0.717) is 16.9 Å². The normalized spacial score (nSPS) is 23.7. The third kappa shape index (κ3) is 3.72. The van der Waals surface area contributed by atoms with Crippen LogP contribution in [0.3, 0.4) is 0 Å². The molecule has 0 aliphatic carbocycles. The molecule has 0 spiro atoms. The lowest BCUT2D eigenvalue weighted by molar-refractivity contribution is -0.0511. The Bertz CT molecular complexity index is 1060. The Morgan fingerprint density at radius 1 is 1.17 bits per heavy atom. The molecule has 1 aliphatic heterocycles. The van der Waals surface area contributed by atoms with Crippen molar-refractivity contribution in [3.05, 3.63) is 42.5 Å². The second-order valence-electron chi connectivity index (χ2n) is 6.39. The second kappa shape index (κ2) is 8.02. The van der Waals surface area contributed by atoms with Crippen LogP contribution in [-0.4, -0.2) is 66.4 Å². The number of anilines is 1. The van der Waals surface area contributed by atoms with Gasteiger partial charge in [0.2, 0.25) is 5.82 Å². The van der Waals surface area contributed by atoms with Crippen molar-refractivity contribution in [2.45, 2.75) is 24.5 Å². The van der Waals surface area contributed by atoms with Crippen LogP contribution in [0.4, 0.5) is 5.82 Å². The van der Waals surface area contributed by atoms with Gasteiger partial charge in [0.05, 0.1) is 12.9 Å². The molecule has 10 nitrogen and oxygen atoms in total. The molecular weight excluding hydrogens is 378 g/mol. The molecule has 1 saturated heterocycles. The zero-order valence-electron chi connectivity index (χ0n) is 15.2. The molecule has 1 aromatic carbocycles. The first-order valence-electron chi connectivity index (χ1n) is 8.87. The predicted molar refractivity (Wildman–Crippen MR) is 102 cm³/mol. The lowest BCUT2D eigenvalue weighted by atomic mass is 10.1. The Kier molecular flexibility index (Phi) is 5.28. The van der Waals surface area contributed by atoms with Gasteiger partial charge in [-0.05, 0) is 18.1 Å². The molecule has 4 atom stereocenters. The number of para-hydroxylation sites is 1. The number of nitrogens with two attached hydrogens (primary N) is 1. The van der Waals surface area contributed by atoms with Gasteiger partial charge in [0, 0.05) is 0 Å². The maximum Gasteiger partial charge on any atom is 0.209 e. The quantitative estimate of drug-likeness (QED) is 0.425. The van der Waals surface area contributed by atoms with E-state index in [1.165, 1.54) is 10.9 Å². The molecule has 3 aromatic rings. The molecule has 0 radical (unpaired) electrons. The van der Waals surface area contributed by atoms with Gasteiger partial charge in [0.1, 0.15) is 36.2 Å². The van der Waals surface area contributed by atoms with Crippen LogP contribution in [-0.2, 0) is 4.74 Å². The van der Waals surface area contributed by atoms with Crippen LogP contribution in [0.15, 0.2) is 36.7 Å². The first kappa shape index (κ1) is 19.1. The molecular formula is C19H19N5O5. The van der Waals surface area contributed by atoms with Crippen LogP contribution in [0.2, 0.25) is 0 Å². The summed E-state index contributed by atoms with van der Waals surface area (Å²) in [7, 11) is 0. The third-order valence-corrected chi connectivity index (χ3v) is 4.49. The summed E-state index contributed by atoms with van der Waals surface area (Å²) in [5.74, 6) is 6.57. The van der Waals surface area contributed by atoms with Gasteiger partial charge in [-0.2, -0.15) is 0 Å². The maximum atomic E-state index is 10.3. The molecule has 0 amide bonds. The smallest absolute Gasteiger partial charge is 0.209 e. The molecule has 0 saturated carbocycles. The van der Waals surface area contributed by atoms with E-state index in [1.54, 1.807) is 0 Å². The standard InChI is InChI=1S/C19H19N5O5/c20-17-14-18(24(10-21-14)19-16(27)15(26)12(9-25)29-19)23-13(22-17)7-4-8-28-11-5-2-1-3-6-11/h1-3,5-6,10,12,15-16,19,25-27H,8-9H2,(H2,20,22,23)/t12-,15-,16-,19?/m0/s1. The van der Waals surface area contributed by atoms with Crippen LogP contribution < -0.4 is 10.5 Å². The van der Waals surface area contributed by atoms with E-state index in [9.17, 15) is 15.3 Å². The van der Waals surface area contributed by atoms with Crippen molar-refractivity contribution >= 4 is 17.0 Å².